The molecule has 0 aromatic heterocycles. The van der Waals surface area contributed by atoms with Gasteiger partial charge in [-0.05, 0) is 31.2 Å². The second-order valence-electron chi connectivity index (χ2n) is 8.64. The summed E-state index contributed by atoms with van der Waals surface area (Å²) in [6.45, 7) is 4.47. The van der Waals surface area contributed by atoms with E-state index < -0.39 is 12.0 Å². The number of carbonyl (C=O) groups excluding carboxylic acids is 4. The van der Waals surface area contributed by atoms with Gasteiger partial charge in [0.2, 0.25) is 17.7 Å². The molecule has 2 aliphatic rings. The first-order chi connectivity index (χ1) is 15.9. The summed E-state index contributed by atoms with van der Waals surface area (Å²) in [5.74, 6) is -0.759. The molecule has 0 radical (unpaired) electrons. The average Bonchev–Trinajstić information content (AvgIpc) is 3.32. The van der Waals surface area contributed by atoms with Crippen molar-refractivity contribution < 1.29 is 23.9 Å². The van der Waals surface area contributed by atoms with Crippen LogP contribution in [0.15, 0.2) is 30.3 Å². The van der Waals surface area contributed by atoms with E-state index in [0.29, 0.717) is 52.0 Å². The number of hydrogen-bond acceptors (Lipinski definition) is 6. The Morgan fingerprint density at radius 3 is 2.39 bits per heavy atom. The minimum absolute atomic E-state index is 0.00142. The Kier molecular flexibility index (Phi) is 8.82. The second kappa shape index (κ2) is 11.8. The smallest absolute Gasteiger partial charge is 0.328 e. The number of amides is 3. The number of ether oxygens (including phenoxy) is 1. The first-order valence-electron chi connectivity index (χ1n) is 11.6. The van der Waals surface area contributed by atoms with Gasteiger partial charge in [-0.15, -0.1) is 0 Å². The summed E-state index contributed by atoms with van der Waals surface area (Å²) in [5, 5.41) is 2.80. The summed E-state index contributed by atoms with van der Waals surface area (Å²) in [6, 6.07) is 8.72. The molecular weight excluding hydrogens is 424 g/mol. The van der Waals surface area contributed by atoms with Crippen molar-refractivity contribution in [1.82, 2.24) is 20.0 Å². The van der Waals surface area contributed by atoms with Crippen molar-refractivity contribution in [3.05, 3.63) is 35.9 Å². The number of nitrogens with one attached hydrogen (secondary N) is 1. The first-order valence-corrected chi connectivity index (χ1v) is 11.6. The molecule has 1 aromatic rings. The van der Waals surface area contributed by atoms with Gasteiger partial charge in [-0.3, -0.25) is 19.3 Å². The van der Waals surface area contributed by atoms with Crippen LogP contribution < -0.4 is 5.32 Å². The van der Waals surface area contributed by atoms with Crippen molar-refractivity contribution >= 4 is 23.7 Å². The van der Waals surface area contributed by atoms with E-state index in [9.17, 15) is 19.2 Å². The monoisotopic (exact) mass is 458 g/mol. The van der Waals surface area contributed by atoms with Gasteiger partial charge in [-0.1, -0.05) is 30.3 Å². The van der Waals surface area contributed by atoms with Crippen molar-refractivity contribution in [3.8, 4) is 0 Å². The van der Waals surface area contributed by atoms with Crippen LogP contribution in [0.5, 0.6) is 0 Å². The molecule has 2 fully saturated rings. The molecule has 9 nitrogen and oxygen atoms in total. The number of aryl methyl sites for hydroxylation is 1. The van der Waals surface area contributed by atoms with Crippen LogP contribution in [0.25, 0.3) is 0 Å². The molecule has 0 saturated carbocycles. The Bertz CT molecular complexity index is 839. The van der Waals surface area contributed by atoms with E-state index in [4.69, 9.17) is 4.74 Å². The summed E-state index contributed by atoms with van der Waals surface area (Å²) in [4.78, 5) is 54.8. The molecule has 2 saturated heterocycles. The van der Waals surface area contributed by atoms with Crippen LogP contribution in [0, 0.1) is 0 Å². The van der Waals surface area contributed by atoms with Gasteiger partial charge in [-0.25, -0.2) is 4.79 Å². The van der Waals surface area contributed by atoms with Gasteiger partial charge < -0.3 is 19.9 Å². The molecule has 180 valence electrons. The molecular formula is C24H34N4O5. The maximum atomic E-state index is 12.9. The highest BCUT2D eigenvalue weighted by Gasteiger charge is 2.36. The third-order valence-corrected chi connectivity index (χ3v) is 6.38. The van der Waals surface area contributed by atoms with E-state index in [1.807, 2.05) is 35.2 Å². The molecule has 9 heteroatoms. The van der Waals surface area contributed by atoms with Gasteiger partial charge in [0.1, 0.15) is 12.1 Å². The van der Waals surface area contributed by atoms with Gasteiger partial charge in [0, 0.05) is 39.6 Å². The molecule has 3 rings (SSSR count). The van der Waals surface area contributed by atoms with E-state index in [-0.39, 0.29) is 30.3 Å². The molecule has 1 aromatic carbocycles. The predicted molar refractivity (Wildman–Crippen MR) is 122 cm³/mol. The zero-order chi connectivity index (χ0) is 23.8. The number of carbonyl (C=O) groups is 4. The summed E-state index contributed by atoms with van der Waals surface area (Å²) in [5.41, 5.74) is 1.09. The molecule has 0 unspecified atom stereocenters. The number of hydrogen-bond donors (Lipinski definition) is 1. The summed E-state index contributed by atoms with van der Waals surface area (Å²) < 4.78 is 4.87. The van der Waals surface area contributed by atoms with Crippen LogP contribution in [0.2, 0.25) is 0 Å². The topological polar surface area (TPSA) is 99.3 Å². The van der Waals surface area contributed by atoms with Gasteiger partial charge in [-0.2, -0.15) is 0 Å². The number of nitrogens with zero attached hydrogens (tertiary/aromatic N) is 3. The minimum atomic E-state index is -0.703. The molecule has 0 aliphatic carbocycles. The maximum absolute atomic E-state index is 12.9. The first kappa shape index (κ1) is 24.7. The highest BCUT2D eigenvalue weighted by atomic mass is 16.5. The molecule has 0 spiro atoms. The molecule has 0 bridgehead atoms. The van der Waals surface area contributed by atoms with Gasteiger partial charge in [0.05, 0.1) is 13.7 Å². The largest absolute Gasteiger partial charge is 0.467 e. The van der Waals surface area contributed by atoms with E-state index in [0.717, 1.165) is 12.0 Å². The maximum Gasteiger partial charge on any atom is 0.328 e. The molecule has 33 heavy (non-hydrogen) atoms. The number of likely N-dealkylation sites (tertiary alicyclic amines) is 1. The van der Waals surface area contributed by atoms with Crippen LogP contribution in [-0.4, -0.2) is 96.9 Å². The molecule has 2 atom stereocenters. The Hall–Kier alpha value is -2.94. The highest BCUT2D eigenvalue weighted by molar-refractivity contribution is 5.88. The number of esters is 1. The Labute approximate surface area is 195 Å². The standard InChI is InChI=1S/C24H34N4O5/c1-18(29)28-12-6-9-21(28)23(31)27-15-13-26(14-16-27)17-22(30)25-20(24(32)33-2)11-10-19-7-4-3-5-8-19/h3-5,7-8,20-21H,6,9-17H2,1-2H3,(H,25,30)/t20-,21-/m0/s1. The molecule has 1 N–H and O–H groups in total. The fraction of sp³-hybridized carbons (Fsp3) is 0.583. The van der Waals surface area contributed by atoms with Crippen LogP contribution in [-0.2, 0) is 30.3 Å². The van der Waals surface area contributed by atoms with Crippen LogP contribution in [0.3, 0.4) is 0 Å². The third kappa shape index (κ3) is 6.77. The fourth-order valence-corrected chi connectivity index (χ4v) is 4.53. The fourth-order valence-electron chi connectivity index (χ4n) is 4.53. The lowest BCUT2D eigenvalue weighted by Gasteiger charge is -2.37. The van der Waals surface area contributed by atoms with Gasteiger partial charge >= 0.3 is 5.97 Å². The van der Waals surface area contributed by atoms with E-state index in [1.54, 1.807) is 9.80 Å². The van der Waals surface area contributed by atoms with Gasteiger partial charge in [0.15, 0.2) is 0 Å². The van der Waals surface area contributed by atoms with Crippen molar-refractivity contribution in [2.75, 3.05) is 46.4 Å². The lowest BCUT2D eigenvalue weighted by atomic mass is 10.1. The number of methoxy groups -OCH3 is 1. The van der Waals surface area contributed by atoms with Crippen molar-refractivity contribution in [2.24, 2.45) is 0 Å². The number of piperazine rings is 1. The van der Waals surface area contributed by atoms with Crippen LogP contribution in [0.1, 0.15) is 31.7 Å². The predicted octanol–water partition coefficient (Wildman–Crippen LogP) is 0.432. The van der Waals surface area contributed by atoms with Crippen molar-refractivity contribution in [3.63, 3.8) is 0 Å². The summed E-state index contributed by atoms with van der Waals surface area (Å²) in [7, 11) is 1.32. The number of rotatable bonds is 8. The van der Waals surface area contributed by atoms with Crippen molar-refractivity contribution in [1.29, 1.82) is 0 Å². The highest BCUT2D eigenvalue weighted by Crippen LogP contribution is 2.20. The Morgan fingerprint density at radius 1 is 1.06 bits per heavy atom. The molecule has 2 heterocycles. The normalized spacial score (nSPS) is 19.8. The lowest BCUT2D eigenvalue weighted by Crippen LogP contribution is -2.56. The quantitative estimate of drug-likeness (QED) is 0.568. The SMILES string of the molecule is COC(=O)[C@H](CCc1ccccc1)NC(=O)CN1CCN(C(=O)[C@@H]2CCCN2C(C)=O)CC1. The Balaban J connectivity index is 1.45. The third-order valence-electron chi connectivity index (χ3n) is 6.38. The molecule has 3 amide bonds. The summed E-state index contributed by atoms with van der Waals surface area (Å²) in [6.07, 6.45) is 2.67. The second-order valence-corrected chi connectivity index (χ2v) is 8.64. The lowest BCUT2D eigenvalue weighted by molar-refractivity contribution is -0.146. The minimum Gasteiger partial charge on any atom is -0.467 e. The van der Waals surface area contributed by atoms with Crippen molar-refractivity contribution in [2.45, 2.75) is 44.7 Å². The summed E-state index contributed by atoms with van der Waals surface area (Å²) >= 11 is 0. The van der Waals surface area contributed by atoms with E-state index in [2.05, 4.69) is 5.32 Å². The number of benzene rings is 1. The van der Waals surface area contributed by atoms with Crippen LogP contribution in [0.4, 0.5) is 0 Å². The zero-order valence-electron chi connectivity index (χ0n) is 19.5. The van der Waals surface area contributed by atoms with Crippen LogP contribution >= 0.6 is 0 Å². The Morgan fingerprint density at radius 2 is 1.76 bits per heavy atom. The molecule has 2 aliphatic heterocycles. The zero-order valence-corrected chi connectivity index (χ0v) is 19.5. The van der Waals surface area contributed by atoms with E-state index in [1.165, 1.54) is 14.0 Å². The van der Waals surface area contributed by atoms with E-state index >= 15 is 0 Å². The average molecular weight is 459 g/mol. The van der Waals surface area contributed by atoms with Gasteiger partial charge in [0.25, 0.3) is 0 Å².